The molecule has 3 aromatic heterocycles. The lowest BCUT2D eigenvalue weighted by molar-refractivity contribution is -0.119. The van der Waals surface area contributed by atoms with E-state index in [1.54, 1.807) is 18.0 Å². The van der Waals surface area contributed by atoms with Crippen LogP contribution in [0.5, 0.6) is 5.88 Å². The van der Waals surface area contributed by atoms with Gasteiger partial charge in [-0.15, -0.1) is 0 Å². The molecule has 1 fully saturated rings. The number of carbonyl (C=O) groups is 1. The molecule has 0 aromatic carbocycles. The topological polar surface area (TPSA) is 96.1 Å². The van der Waals surface area contributed by atoms with Gasteiger partial charge < -0.3 is 14.8 Å². The van der Waals surface area contributed by atoms with Crippen molar-refractivity contribution in [2.45, 2.75) is 26.0 Å². The number of rotatable bonds is 7. The lowest BCUT2D eigenvalue weighted by atomic mass is 10.0. The average molecular weight is 384 g/mol. The van der Waals surface area contributed by atoms with E-state index in [-0.39, 0.29) is 17.9 Å². The molecule has 9 nitrogen and oxygen atoms in total. The van der Waals surface area contributed by atoms with Crippen LogP contribution in [0, 0.1) is 5.92 Å². The monoisotopic (exact) mass is 384 g/mol. The average Bonchev–Trinajstić information content (AvgIpc) is 3.38. The number of carbonyl (C=O) groups excluding carboxylic acids is 1. The molecule has 3 aromatic rings. The summed E-state index contributed by atoms with van der Waals surface area (Å²) in [5.74, 6) is 0.718. The molecule has 1 amide bonds. The standard InChI is InChI=1S/C19H24N6O3/c1-12(13-6-18(26)20-8-13)28-19-15-11-24(2)23-17(15)7-16(22-19)14-9-21-25(10-14)4-5-27-3/h7,9-13H,4-6,8H2,1-3H3,(H,20,26)/t12?,13-/m1/s1. The molecule has 1 N–H and O–H groups in total. The summed E-state index contributed by atoms with van der Waals surface area (Å²) in [5, 5.41) is 12.6. The van der Waals surface area contributed by atoms with Crippen molar-refractivity contribution in [1.29, 1.82) is 0 Å². The van der Waals surface area contributed by atoms with E-state index in [0.29, 0.717) is 32.0 Å². The summed E-state index contributed by atoms with van der Waals surface area (Å²) < 4.78 is 14.9. The third-order valence-electron chi connectivity index (χ3n) is 5.01. The van der Waals surface area contributed by atoms with Gasteiger partial charge in [-0.25, -0.2) is 4.98 Å². The molecule has 1 aliphatic rings. The van der Waals surface area contributed by atoms with Crippen molar-refractivity contribution in [3.63, 3.8) is 0 Å². The fourth-order valence-electron chi connectivity index (χ4n) is 3.38. The lowest BCUT2D eigenvalue weighted by Crippen LogP contribution is -2.26. The van der Waals surface area contributed by atoms with Gasteiger partial charge in [0.05, 0.1) is 35.9 Å². The Morgan fingerprint density at radius 2 is 2.25 bits per heavy atom. The Morgan fingerprint density at radius 3 is 3.00 bits per heavy atom. The van der Waals surface area contributed by atoms with E-state index in [4.69, 9.17) is 14.5 Å². The second kappa shape index (κ2) is 7.59. The van der Waals surface area contributed by atoms with E-state index in [1.807, 2.05) is 37.1 Å². The van der Waals surface area contributed by atoms with E-state index in [2.05, 4.69) is 15.5 Å². The van der Waals surface area contributed by atoms with E-state index in [9.17, 15) is 4.79 Å². The van der Waals surface area contributed by atoms with Crippen molar-refractivity contribution in [2.75, 3.05) is 20.3 Å². The Kier molecular flexibility index (Phi) is 4.99. The molecule has 28 heavy (non-hydrogen) atoms. The molecule has 2 atom stereocenters. The number of methoxy groups -OCH3 is 1. The molecule has 0 radical (unpaired) electrons. The van der Waals surface area contributed by atoms with Crippen LogP contribution in [0.15, 0.2) is 24.7 Å². The number of fused-ring (bicyclic) bond motifs is 1. The number of pyridine rings is 1. The summed E-state index contributed by atoms with van der Waals surface area (Å²) in [5.41, 5.74) is 2.44. The number of ether oxygens (including phenoxy) is 2. The molecule has 1 aliphatic heterocycles. The Labute approximate surface area is 162 Å². The maximum Gasteiger partial charge on any atom is 0.225 e. The van der Waals surface area contributed by atoms with Crippen LogP contribution in [-0.2, 0) is 23.1 Å². The minimum atomic E-state index is -0.144. The number of amides is 1. The van der Waals surface area contributed by atoms with Gasteiger partial charge in [-0.3, -0.25) is 14.2 Å². The number of nitrogens with zero attached hydrogens (tertiary/aromatic N) is 5. The molecule has 4 heterocycles. The highest BCUT2D eigenvalue weighted by molar-refractivity contribution is 5.86. The highest BCUT2D eigenvalue weighted by Crippen LogP contribution is 2.30. The van der Waals surface area contributed by atoms with Crippen molar-refractivity contribution in [3.8, 4) is 17.1 Å². The van der Waals surface area contributed by atoms with E-state index in [0.717, 1.165) is 22.2 Å². The minimum Gasteiger partial charge on any atom is -0.474 e. The first kappa shape index (κ1) is 18.4. The maximum atomic E-state index is 11.5. The third-order valence-corrected chi connectivity index (χ3v) is 5.01. The SMILES string of the molecule is COCCn1cc(-c2cc3nn(C)cc3c(OC(C)[C@H]3CNC(=O)C3)n2)cn1. The van der Waals surface area contributed by atoms with Crippen LogP contribution in [0.4, 0.5) is 0 Å². The van der Waals surface area contributed by atoms with Crippen molar-refractivity contribution < 1.29 is 14.3 Å². The van der Waals surface area contributed by atoms with E-state index >= 15 is 0 Å². The number of hydrogen-bond acceptors (Lipinski definition) is 6. The first-order valence-corrected chi connectivity index (χ1v) is 9.33. The van der Waals surface area contributed by atoms with E-state index in [1.165, 1.54) is 0 Å². The van der Waals surface area contributed by atoms with Crippen molar-refractivity contribution in [1.82, 2.24) is 29.9 Å². The first-order valence-electron chi connectivity index (χ1n) is 9.33. The zero-order valence-electron chi connectivity index (χ0n) is 16.3. The molecule has 9 heteroatoms. The molecule has 0 spiro atoms. The lowest BCUT2D eigenvalue weighted by Gasteiger charge is -2.19. The summed E-state index contributed by atoms with van der Waals surface area (Å²) in [6.07, 6.45) is 5.94. The van der Waals surface area contributed by atoms with Crippen LogP contribution >= 0.6 is 0 Å². The summed E-state index contributed by atoms with van der Waals surface area (Å²) in [4.78, 5) is 16.3. The predicted molar refractivity (Wildman–Crippen MR) is 103 cm³/mol. The third kappa shape index (κ3) is 3.70. The van der Waals surface area contributed by atoms with Gasteiger partial charge in [0.1, 0.15) is 6.10 Å². The smallest absolute Gasteiger partial charge is 0.225 e. The second-order valence-corrected chi connectivity index (χ2v) is 7.12. The van der Waals surface area contributed by atoms with Gasteiger partial charge in [-0.05, 0) is 13.0 Å². The van der Waals surface area contributed by atoms with Crippen molar-refractivity contribution in [2.24, 2.45) is 13.0 Å². The summed E-state index contributed by atoms with van der Waals surface area (Å²) in [6, 6.07) is 1.94. The highest BCUT2D eigenvalue weighted by atomic mass is 16.5. The quantitative estimate of drug-likeness (QED) is 0.661. The molecule has 1 unspecified atom stereocenters. The Morgan fingerprint density at radius 1 is 1.39 bits per heavy atom. The fraction of sp³-hybridized carbons (Fsp3) is 0.474. The van der Waals surface area contributed by atoms with Crippen molar-refractivity contribution >= 4 is 16.8 Å². The fourth-order valence-corrected chi connectivity index (χ4v) is 3.38. The van der Waals surface area contributed by atoms with Gasteiger partial charge in [0.2, 0.25) is 11.8 Å². The largest absolute Gasteiger partial charge is 0.474 e. The summed E-state index contributed by atoms with van der Waals surface area (Å²) in [7, 11) is 3.54. The summed E-state index contributed by atoms with van der Waals surface area (Å²) in [6.45, 7) is 3.87. The Bertz CT molecular complexity index is 995. The van der Waals surface area contributed by atoms with Crippen LogP contribution in [-0.4, -0.2) is 56.8 Å². The van der Waals surface area contributed by atoms with Gasteiger partial charge >= 0.3 is 0 Å². The zero-order chi connectivity index (χ0) is 19.7. The maximum absolute atomic E-state index is 11.5. The molecule has 0 bridgehead atoms. The Balaban J connectivity index is 1.65. The van der Waals surface area contributed by atoms with Gasteiger partial charge in [0.15, 0.2) is 0 Å². The normalized spacial score (nSPS) is 17.8. The number of aryl methyl sites for hydroxylation is 1. The molecule has 4 rings (SSSR count). The van der Waals surface area contributed by atoms with Gasteiger partial charge in [0, 0.05) is 51.0 Å². The molecule has 148 valence electrons. The van der Waals surface area contributed by atoms with Gasteiger partial charge in [0.25, 0.3) is 0 Å². The second-order valence-electron chi connectivity index (χ2n) is 7.12. The number of aromatic nitrogens is 5. The molecule has 0 saturated carbocycles. The molecular formula is C19H24N6O3. The van der Waals surface area contributed by atoms with E-state index < -0.39 is 0 Å². The molecule has 0 aliphatic carbocycles. The summed E-state index contributed by atoms with van der Waals surface area (Å²) >= 11 is 0. The minimum absolute atomic E-state index is 0.0668. The van der Waals surface area contributed by atoms with Crippen LogP contribution in [0.1, 0.15) is 13.3 Å². The van der Waals surface area contributed by atoms with Crippen LogP contribution < -0.4 is 10.1 Å². The van der Waals surface area contributed by atoms with Crippen LogP contribution in [0.3, 0.4) is 0 Å². The zero-order valence-corrected chi connectivity index (χ0v) is 16.3. The first-order chi connectivity index (χ1) is 13.5. The molecule has 1 saturated heterocycles. The van der Waals surface area contributed by atoms with Crippen LogP contribution in [0.2, 0.25) is 0 Å². The predicted octanol–water partition coefficient (Wildman–Crippen LogP) is 1.38. The number of hydrogen-bond donors (Lipinski definition) is 1. The van der Waals surface area contributed by atoms with Crippen LogP contribution in [0.25, 0.3) is 22.2 Å². The number of nitrogens with one attached hydrogen (secondary N) is 1. The highest BCUT2D eigenvalue weighted by Gasteiger charge is 2.29. The Hall–Kier alpha value is -2.94. The molecular weight excluding hydrogens is 360 g/mol. The van der Waals surface area contributed by atoms with Gasteiger partial charge in [-0.2, -0.15) is 10.2 Å². The van der Waals surface area contributed by atoms with Gasteiger partial charge in [-0.1, -0.05) is 0 Å². The van der Waals surface area contributed by atoms with Crippen molar-refractivity contribution in [3.05, 3.63) is 24.7 Å².